The van der Waals surface area contributed by atoms with Crippen LogP contribution in [0.1, 0.15) is 25.0 Å². The molecule has 0 amide bonds. The number of rotatable bonds is 6. The van der Waals surface area contributed by atoms with E-state index in [2.05, 4.69) is 190 Å². The van der Waals surface area contributed by atoms with Crippen LogP contribution in [-0.4, -0.2) is 15.0 Å². The molecule has 0 N–H and O–H groups in total. The summed E-state index contributed by atoms with van der Waals surface area (Å²) in [7, 11) is 0. The predicted octanol–water partition coefficient (Wildman–Crippen LogP) is 13.3. The first kappa shape index (κ1) is 32.7. The van der Waals surface area contributed by atoms with Crippen molar-refractivity contribution in [3.63, 3.8) is 0 Å². The molecule has 0 radical (unpaired) electrons. The number of fused-ring (bicyclic) bond motifs is 4. The standard InChI is InChI=1S/C52H37N3/c1-52(2)45-30-16-15-28-42(45)48-43(29-17-31-46(48)52)47-39-25-10-9-22-36(39)32-33-44(47)51-54-49(40-26-13-11-23-37(40)34-18-5-3-6-19-34)53-50(55-51)41-27-14-12-24-38(41)35-20-7-4-8-21-35/h3-33H,1-2H3. The van der Waals surface area contributed by atoms with Gasteiger partial charge in [0.15, 0.2) is 17.5 Å². The molecule has 55 heavy (non-hydrogen) atoms. The molecule has 0 fully saturated rings. The van der Waals surface area contributed by atoms with Crippen LogP contribution in [0.2, 0.25) is 0 Å². The Bertz CT molecular complexity index is 2790. The first-order valence-corrected chi connectivity index (χ1v) is 18.9. The number of aromatic nitrogens is 3. The van der Waals surface area contributed by atoms with E-state index in [0.29, 0.717) is 17.5 Å². The maximum absolute atomic E-state index is 5.43. The minimum atomic E-state index is -0.136. The predicted molar refractivity (Wildman–Crippen MR) is 228 cm³/mol. The molecule has 0 bridgehead atoms. The molecule has 0 unspecified atom stereocenters. The molecule has 260 valence electrons. The lowest BCUT2D eigenvalue weighted by molar-refractivity contribution is 0.660. The van der Waals surface area contributed by atoms with Crippen molar-refractivity contribution in [1.29, 1.82) is 0 Å². The van der Waals surface area contributed by atoms with Crippen LogP contribution in [-0.2, 0) is 5.41 Å². The van der Waals surface area contributed by atoms with Crippen molar-refractivity contribution in [2.24, 2.45) is 0 Å². The van der Waals surface area contributed by atoms with E-state index in [0.717, 1.165) is 49.9 Å². The number of hydrogen-bond acceptors (Lipinski definition) is 3. The van der Waals surface area contributed by atoms with E-state index >= 15 is 0 Å². The summed E-state index contributed by atoms with van der Waals surface area (Å²) in [5.41, 5.74) is 14.6. The summed E-state index contributed by atoms with van der Waals surface area (Å²) in [6, 6.07) is 66.5. The van der Waals surface area contributed by atoms with E-state index in [1.165, 1.54) is 33.2 Å². The maximum Gasteiger partial charge on any atom is 0.164 e. The zero-order valence-corrected chi connectivity index (χ0v) is 30.7. The fraction of sp³-hybridized carbons (Fsp3) is 0.0577. The van der Waals surface area contributed by atoms with Crippen LogP contribution in [0.25, 0.3) is 89.4 Å². The van der Waals surface area contributed by atoms with Gasteiger partial charge >= 0.3 is 0 Å². The molecule has 3 nitrogen and oxygen atoms in total. The Kier molecular flexibility index (Phi) is 7.81. The molecule has 1 aliphatic carbocycles. The highest BCUT2D eigenvalue weighted by Crippen LogP contribution is 2.54. The lowest BCUT2D eigenvalue weighted by Gasteiger charge is -2.22. The minimum absolute atomic E-state index is 0.136. The van der Waals surface area contributed by atoms with Crippen LogP contribution in [0, 0.1) is 0 Å². The molecule has 1 aliphatic rings. The van der Waals surface area contributed by atoms with Crippen molar-refractivity contribution in [3.05, 3.63) is 199 Å². The second-order valence-corrected chi connectivity index (χ2v) is 14.7. The molecule has 0 spiro atoms. The van der Waals surface area contributed by atoms with Crippen LogP contribution in [0.15, 0.2) is 188 Å². The fourth-order valence-corrected chi connectivity index (χ4v) is 8.54. The normalized spacial score (nSPS) is 12.7. The molecule has 9 aromatic rings. The first-order chi connectivity index (χ1) is 27.1. The zero-order valence-electron chi connectivity index (χ0n) is 30.7. The van der Waals surface area contributed by atoms with Crippen molar-refractivity contribution in [3.8, 4) is 78.7 Å². The SMILES string of the molecule is CC1(C)c2ccccc2-c2c(-c3c(-c4nc(-c5ccccc5-c5ccccc5)nc(-c5ccccc5-c5ccccc5)n4)ccc4ccccc34)cccc21. The van der Waals surface area contributed by atoms with Crippen molar-refractivity contribution in [2.45, 2.75) is 19.3 Å². The van der Waals surface area contributed by atoms with Gasteiger partial charge < -0.3 is 0 Å². The van der Waals surface area contributed by atoms with Gasteiger partial charge in [-0.05, 0) is 66.9 Å². The lowest BCUT2D eigenvalue weighted by atomic mass is 9.81. The largest absolute Gasteiger partial charge is 0.208 e. The summed E-state index contributed by atoms with van der Waals surface area (Å²) in [4.78, 5) is 16.2. The summed E-state index contributed by atoms with van der Waals surface area (Å²) in [5.74, 6) is 1.90. The summed E-state index contributed by atoms with van der Waals surface area (Å²) in [6.45, 7) is 4.68. The second kappa shape index (κ2) is 13.2. The molecule has 0 saturated carbocycles. The van der Waals surface area contributed by atoms with Gasteiger partial charge in [0.1, 0.15) is 0 Å². The summed E-state index contributed by atoms with van der Waals surface area (Å²) in [5, 5.41) is 2.33. The van der Waals surface area contributed by atoms with E-state index < -0.39 is 0 Å². The van der Waals surface area contributed by atoms with Gasteiger partial charge in [0.2, 0.25) is 0 Å². The summed E-state index contributed by atoms with van der Waals surface area (Å²) in [6.07, 6.45) is 0. The number of hydrogen-bond donors (Lipinski definition) is 0. The molecule has 10 rings (SSSR count). The number of benzene rings is 8. The van der Waals surface area contributed by atoms with Gasteiger partial charge in [-0.3, -0.25) is 0 Å². The Morgan fingerprint density at radius 1 is 0.309 bits per heavy atom. The second-order valence-electron chi connectivity index (χ2n) is 14.7. The van der Waals surface area contributed by atoms with E-state index in [1.54, 1.807) is 0 Å². The summed E-state index contributed by atoms with van der Waals surface area (Å²) >= 11 is 0. The van der Waals surface area contributed by atoms with Gasteiger partial charge in [-0.2, -0.15) is 0 Å². The topological polar surface area (TPSA) is 38.7 Å². The van der Waals surface area contributed by atoms with Crippen LogP contribution < -0.4 is 0 Å². The monoisotopic (exact) mass is 703 g/mol. The molecule has 3 heteroatoms. The van der Waals surface area contributed by atoms with Crippen LogP contribution in [0.4, 0.5) is 0 Å². The van der Waals surface area contributed by atoms with Crippen LogP contribution >= 0.6 is 0 Å². The van der Waals surface area contributed by atoms with Gasteiger partial charge in [0, 0.05) is 27.7 Å². The molecular weight excluding hydrogens is 667 g/mol. The van der Waals surface area contributed by atoms with Gasteiger partial charge in [-0.1, -0.05) is 196 Å². The lowest BCUT2D eigenvalue weighted by Crippen LogP contribution is -2.14. The molecule has 0 saturated heterocycles. The fourth-order valence-electron chi connectivity index (χ4n) is 8.54. The Morgan fingerprint density at radius 2 is 0.764 bits per heavy atom. The van der Waals surface area contributed by atoms with E-state index in [9.17, 15) is 0 Å². The molecule has 0 atom stereocenters. The van der Waals surface area contributed by atoms with Gasteiger partial charge in [0.05, 0.1) is 0 Å². The maximum atomic E-state index is 5.43. The molecule has 0 aliphatic heterocycles. The zero-order chi connectivity index (χ0) is 36.9. The van der Waals surface area contributed by atoms with Gasteiger partial charge in [-0.15, -0.1) is 0 Å². The Hall–Kier alpha value is -6.97. The third-order valence-electron chi connectivity index (χ3n) is 11.2. The quantitative estimate of drug-likeness (QED) is 0.173. The first-order valence-electron chi connectivity index (χ1n) is 18.9. The minimum Gasteiger partial charge on any atom is -0.208 e. The highest BCUT2D eigenvalue weighted by atomic mass is 15.0. The Morgan fingerprint density at radius 3 is 1.38 bits per heavy atom. The van der Waals surface area contributed by atoms with Crippen molar-refractivity contribution in [1.82, 2.24) is 15.0 Å². The number of nitrogens with zero attached hydrogens (tertiary/aromatic N) is 3. The van der Waals surface area contributed by atoms with Gasteiger partial charge in [0.25, 0.3) is 0 Å². The van der Waals surface area contributed by atoms with Crippen molar-refractivity contribution >= 4 is 10.8 Å². The summed E-state index contributed by atoms with van der Waals surface area (Å²) < 4.78 is 0. The molecule has 1 aromatic heterocycles. The van der Waals surface area contributed by atoms with Crippen molar-refractivity contribution in [2.75, 3.05) is 0 Å². The molecular formula is C52H37N3. The van der Waals surface area contributed by atoms with Gasteiger partial charge in [-0.25, -0.2) is 15.0 Å². The Labute approximate surface area is 321 Å². The average molecular weight is 704 g/mol. The highest BCUT2D eigenvalue weighted by Gasteiger charge is 2.37. The van der Waals surface area contributed by atoms with Crippen LogP contribution in [0.5, 0.6) is 0 Å². The van der Waals surface area contributed by atoms with Crippen LogP contribution in [0.3, 0.4) is 0 Å². The highest BCUT2D eigenvalue weighted by molar-refractivity contribution is 6.08. The van der Waals surface area contributed by atoms with E-state index in [-0.39, 0.29) is 5.41 Å². The molecule has 1 heterocycles. The molecule has 8 aromatic carbocycles. The third kappa shape index (κ3) is 5.47. The van der Waals surface area contributed by atoms with E-state index in [1.807, 2.05) is 12.1 Å². The average Bonchev–Trinajstić information content (AvgIpc) is 3.49. The third-order valence-corrected chi connectivity index (χ3v) is 11.2. The van der Waals surface area contributed by atoms with Crippen molar-refractivity contribution < 1.29 is 0 Å². The smallest absolute Gasteiger partial charge is 0.164 e. The van der Waals surface area contributed by atoms with E-state index in [4.69, 9.17) is 15.0 Å². The Balaban J connectivity index is 1.29.